The molecular weight excluding hydrogens is 440 g/mol. The molecule has 4 aromatic rings. The Kier molecular flexibility index (Phi) is 5.21. The van der Waals surface area contributed by atoms with Crippen molar-refractivity contribution in [2.75, 3.05) is 5.32 Å². The molecule has 0 aliphatic carbocycles. The van der Waals surface area contributed by atoms with Gasteiger partial charge in [0, 0.05) is 10.6 Å². The van der Waals surface area contributed by atoms with Crippen LogP contribution in [0.25, 0.3) is 16.6 Å². The van der Waals surface area contributed by atoms with Crippen molar-refractivity contribution in [3.63, 3.8) is 0 Å². The lowest BCUT2D eigenvalue weighted by Crippen LogP contribution is -2.34. The molecule has 0 unspecified atom stereocenters. The maximum Gasteiger partial charge on any atom is 0.333 e. The minimum Gasteiger partial charge on any atom is -0.307 e. The number of fused-ring (bicyclic) bond motifs is 1. The van der Waals surface area contributed by atoms with E-state index in [2.05, 4.69) is 10.3 Å². The first kappa shape index (κ1) is 20.6. The van der Waals surface area contributed by atoms with Crippen molar-refractivity contribution in [3.05, 3.63) is 86.4 Å². The van der Waals surface area contributed by atoms with Crippen molar-refractivity contribution >= 4 is 44.0 Å². The molecule has 0 aliphatic rings. The molecule has 2 heterocycles. The number of sulfonamides is 1. The van der Waals surface area contributed by atoms with Crippen LogP contribution >= 0.6 is 11.3 Å². The second-order valence-corrected chi connectivity index (χ2v) is 9.79. The zero-order valence-electron chi connectivity index (χ0n) is 16.1. The zero-order chi connectivity index (χ0) is 22.2. The minimum atomic E-state index is -3.98. The van der Waals surface area contributed by atoms with Gasteiger partial charge in [-0.1, -0.05) is 12.1 Å². The zero-order valence-corrected chi connectivity index (χ0v) is 17.7. The number of hydrogen-bond acceptors (Lipinski definition) is 6. The summed E-state index contributed by atoms with van der Waals surface area (Å²) >= 11 is 1.05. The fraction of sp³-hybridized carbons (Fsp3) is 0.0500. The monoisotopic (exact) mass is 456 g/mol. The summed E-state index contributed by atoms with van der Waals surface area (Å²) < 4.78 is 27.4. The van der Waals surface area contributed by atoms with Crippen molar-refractivity contribution in [2.24, 2.45) is 0 Å². The third kappa shape index (κ3) is 4.13. The van der Waals surface area contributed by atoms with Gasteiger partial charge in [0.25, 0.3) is 15.6 Å². The van der Waals surface area contributed by atoms with Gasteiger partial charge in [-0.2, -0.15) is 0 Å². The quantitative estimate of drug-likeness (QED) is 0.434. The number of urea groups is 1. The number of carbonyl (C=O) groups excluding carboxylic acids is 1. The molecule has 158 valence electrons. The van der Waals surface area contributed by atoms with Gasteiger partial charge in [-0.3, -0.25) is 4.79 Å². The molecule has 0 atom stereocenters. The summed E-state index contributed by atoms with van der Waals surface area (Å²) in [5, 5.41) is 2.77. The third-order valence-corrected chi connectivity index (χ3v) is 7.22. The van der Waals surface area contributed by atoms with Gasteiger partial charge in [0.2, 0.25) is 0 Å². The number of rotatable bonds is 4. The predicted molar refractivity (Wildman–Crippen MR) is 119 cm³/mol. The maximum absolute atomic E-state index is 12.7. The van der Waals surface area contributed by atoms with E-state index in [9.17, 15) is 22.8 Å². The van der Waals surface area contributed by atoms with Gasteiger partial charge in [0.05, 0.1) is 16.6 Å². The molecule has 11 heteroatoms. The van der Waals surface area contributed by atoms with E-state index in [0.29, 0.717) is 16.6 Å². The van der Waals surface area contributed by atoms with Gasteiger partial charge in [-0.05, 0) is 55.5 Å². The molecule has 0 radical (unpaired) electrons. The lowest BCUT2D eigenvalue weighted by atomic mass is 10.2. The number of amides is 2. The molecule has 2 aromatic carbocycles. The first-order valence-electron chi connectivity index (χ1n) is 8.99. The van der Waals surface area contributed by atoms with Crippen molar-refractivity contribution in [1.82, 2.24) is 14.3 Å². The summed E-state index contributed by atoms with van der Waals surface area (Å²) in [5.74, 6) is 0. The summed E-state index contributed by atoms with van der Waals surface area (Å²) in [4.78, 5) is 40.6. The highest BCUT2D eigenvalue weighted by atomic mass is 32.2. The molecule has 2 aromatic heterocycles. The molecular formula is C20H16N4O5S2. The number of para-hydroxylation sites is 1. The number of H-pyrrole nitrogens is 1. The van der Waals surface area contributed by atoms with Gasteiger partial charge in [-0.25, -0.2) is 27.3 Å². The third-order valence-electron chi connectivity index (χ3n) is 4.40. The standard InChI is InChI=1S/C20H16N4O5S2/c1-12-6-11-17(30-12)31(28,29)23-19(26)21-13-7-9-14(10-8-13)24-18(25)15-4-2-3-5-16(15)22-20(24)27/h2-11H,1H3,(H,22,27)(H2,21,23,26). The van der Waals surface area contributed by atoms with Crippen LogP contribution in [0.3, 0.4) is 0 Å². The summed E-state index contributed by atoms with van der Waals surface area (Å²) in [6.45, 7) is 1.76. The first-order chi connectivity index (χ1) is 14.7. The van der Waals surface area contributed by atoms with E-state index in [4.69, 9.17) is 0 Å². The molecule has 4 rings (SSSR count). The summed E-state index contributed by atoms with van der Waals surface area (Å²) in [5.41, 5.74) is -0.0609. The Labute approximate surface area is 180 Å². The maximum atomic E-state index is 12.7. The van der Waals surface area contributed by atoms with Crippen LogP contribution in [0, 0.1) is 6.92 Å². The summed E-state index contributed by atoms with van der Waals surface area (Å²) in [7, 11) is -3.98. The molecule has 0 spiro atoms. The van der Waals surface area contributed by atoms with Crippen LogP contribution in [-0.2, 0) is 10.0 Å². The topological polar surface area (TPSA) is 130 Å². The average molecular weight is 457 g/mol. The van der Waals surface area contributed by atoms with Crippen LogP contribution in [0.4, 0.5) is 10.5 Å². The van der Waals surface area contributed by atoms with Gasteiger partial charge in [0.1, 0.15) is 4.21 Å². The predicted octanol–water partition coefficient (Wildman–Crippen LogP) is 2.56. The molecule has 0 fully saturated rings. The van der Waals surface area contributed by atoms with E-state index in [1.165, 1.54) is 30.3 Å². The Bertz CT molecular complexity index is 1520. The Morgan fingerprint density at radius 2 is 1.71 bits per heavy atom. The summed E-state index contributed by atoms with van der Waals surface area (Å²) in [6.07, 6.45) is 0. The highest BCUT2D eigenvalue weighted by Gasteiger charge is 2.19. The molecule has 0 saturated carbocycles. The lowest BCUT2D eigenvalue weighted by molar-refractivity contribution is 0.256. The van der Waals surface area contributed by atoms with Crippen LogP contribution in [0.2, 0.25) is 0 Å². The van der Waals surface area contributed by atoms with Crippen molar-refractivity contribution in [1.29, 1.82) is 0 Å². The van der Waals surface area contributed by atoms with E-state index in [1.54, 1.807) is 37.3 Å². The number of thiophene rings is 1. The first-order valence-corrected chi connectivity index (χ1v) is 11.3. The largest absolute Gasteiger partial charge is 0.333 e. The molecule has 0 bridgehead atoms. The van der Waals surface area contributed by atoms with Crippen LogP contribution in [0.15, 0.2) is 74.5 Å². The fourth-order valence-electron chi connectivity index (χ4n) is 2.98. The van der Waals surface area contributed by atoms with Gasteiger partial charge in [0.15, 0.2) is 0 Å². The van der Waals surface area contributed by atoms with Crippen LogP contribution < -0.4 is 21.3 Å². The Hall–Kier alpha value is -3.70. The SMILES string of the molecule is Cc1ccc(S(=O)(=O)NC(=O)Nc2ccc(-n3c(=O)[nH]c4ccccc4c3=O)cc2)s1. The smallest absolute Gasteiger partial charge is 0.307 e. The van der Waals surface area contributed by atoms with Crippen LogP contribution in [0.1, 0.15) is 4.88 Å². The molecule has 2 amide bonds. The second kappa shape index (κ2) is 7.85. The number of carbonyl (C=O) groups is 1. The van der Waals surface area contributed by atoms with Crippen molar-refractivity contribution in [2.45, 2.75) is 11.1 Å². The average Bonchev–Trinajstić information content (AvgIpc) is 3.16. The number of aromatic amines is 1. The van der Waals surface area contributed by atoms with Gasteiger partial charge in [-0.15, -0.1) is 11.3 Å². The van der Waals surface area contributed by atoms with E-state index in [-0.39, 0.29) is 9.90 Å². The van der Waals surface area contributed by atoms with E-state index >= 15 is 0 Å². The van der Waals surface area contributed by atoms with Gasteiger partial charge >= 0.3 is 11.7 Å². The van der Waals surface area contributed by atoms with Crippen molar-refractivity contribution < 1.29 is 13.2 Å². The minimum absolute atomic E-state index is 0.0328. The highest BCUT2D eigenvalue weighted by Crippen LogP contribution is 2.20. The molecule has 0 saturated heterocycles. The molecule has 0 aliphatic heterocycles. The molecule has 31 heavy (non-hydrogen) atoms. The number of benzene rings is 2. The van der Waals surface area contributed by atoms with Crippen LogP contribution in [0.5, 0.6) is 0 Å². The van der Waals surface area contributed by atoms with E-state index in [1.807, 2.05) is 4.72 Å². The lowest BCUT2D eigenvalue weighted by Gasteiger charge is -2.09. The fourth-order valence-corrected chi connectivity index (χ4v) is 5.17. The Balaban J connectivity index is 1.55. The van der Waals surface area contributed by atoms with E-state index < -0.39 is 27.3 Å². The Morgan fingerprint density at radius 1 is 1.00 bits per heavy atom. The van der Waals surface area contributed by atoms with Crippen LogP contribution in [-0.4, -0.2) is 24.0 Å². The van der Waals surface area contributed by atoms with E-state index in [0.717, 1.165) is 20.8 Å². The molecule has 9 nitrogen and oxygen atoms in total. The number of nitrogens with zero attached hydrogens (tertiary/aromatic N) is 1. The number of aryl methyl sites for hydroxylation is 1. The van der Waals surface area contributed by atoms with Gasteiger partial charge < -0.3 is 10.3 Å². The number of hydrogen-bond donors (Lipinski definition) is 3. The number of anilines is 1. The number of nitrogens with one attached hydrogen (secondary N) is 3. The normalized spacial score (nSPS) is 11.4. The highest BCUT2D eigenvalue weighted by molar-refractivity contribution is 7.92. The second-order valence-electron chi connectivity index (χ2n) is 6.59. The number of aromatic nitrogens is 2. The Morgan fingerprint density at radius 3 is 2.39 bits per heavy atom. The molecule has 3 N–H and O–H groups in total. The van der Waals surface area contributed by atoms with Crippen molar-refractivity contribution in [3.8, 4) is 5.69 Å². The summed E-state index contributed by atoms with van der Waals surface area (Å²) in [6, 6.07) is 14.7.